The third-order valence-corrected chi connectivity index (χ3v) is 6.52. The van der Waals surface area contributed by atoms with Crippen LogP contribution >= 0.6 is 11.3 Å². The van der Waals surface area contributed by atoms with Crippen LogP contribution in [0.5, 0.6) is 0 Å². The maximum absolute atomic E-state index is 12.7. The normalized spacial score (nSPS) is 12.6. The van der Waals surface area contributed by atoms with Gasteiger partial charge in [-0.25, -0.2) is 8.42 Å². The van der Waals surface area contributed by atoms with Crippen LogP contribution in [0.3, 0.4) is 0 Å². The predicted molar refractivity (Wildman–Crippen MR) is 82.6 cm³/mol. The van der Waals surface area contributed by atoms with Crippen molar-refractivity contribution in [2.75, 3.05) is 33.7 Å². The van der Waals surface area contributed by atoms with Gasteiger partial charge < -0.3 is 10.0 Å². The second kappa shape index (κ2) is 7.51. The molecule has 1 rings (SSSR count). The Morgan fingerprint density at radius 1 is 1.30 bits per heavy atom. The maximum Gasteiger partial charge on any atom is 0.244 e. The van der Waals surface area contributed by atoms with Crippen molar-refractivity contribution >= 4 is 21.4 Å². The van der Waals surface area contributed by atoms with Crippen LogP contribution in [0, 0.1) is 6.92 Å². The molecule has 1 heterocycles. The number of rotatable bonds is 8. The zero-order valence-electron chi connectivity index (χ0n) is 12.6. The fraction of sp³-hybridized carbons (Fsp3) is 0.692. The maximum atomic E-state index is 12.7. The van der Waals surface area contributed by atoms with Crippen molar-refractivity contribution in [3.63, 3.8) is 0 Å². The first-order valence-corrected chi connectivity index (χ1v) is 8.99. The fourth-order valence-electron chi connectivity index (χ4n) is 2.08. The predicted octanol–water partition coefficient (Wildman–Crippen LogP) is 1.51. The molecule has 0 saturated heterocycles. The molecule has 0 aliphatic carbocycles. The number of nitrogens with zero attached hydrogens (tertiary/aromatic N) is 2. The number of aliphatic hydroxyl groups excluding tert-OH is 1. The molecule has 0 bridgehead atoms. The smallest absolute Gasteiger partial charge is 0.244 e. The van der Waals surface area contributed by atoms with E-state index in [1.807, 2.05) is 25.9 Å². The van der Waals surface area contributed by atoms with Crippen molar-refractivity contribution in [2.45, 2.75) is 31.8 Å². The molecule has 0 aliphatic heterocycles. The summed E-state index contributed by atoms with van der Waals surface area (Å²) >= 11 is 1.30. The third kappa shape index (κ3) is 4.02. The van der Waals surface area contributed by atoms with Crippen LogP contribution in [0.1, 0.15) is 23.8 Å². The highest BCUT2D eigenvalue weighted by Gasteiger charge is 2.28. The minimum Gasteiger partial charge on any atom is -0.391 e. The van der Waals surface area contributed by atoms with Gasteiger partial charge in [-0.2, -0.15) is 4.31 Å². The highest BCUT2D eigenvalue weighted by Crippen LogP contribution is 2.29. The van der Waals surface area contributed by atoms with E-state index in [4.69, 9.17) is 0 Å². The molecule has 1 aromatic heterocycles. The third-order valence-electron chi connectivity index (χ3n) is 3.10. The standard InChI is InChI=1S/C13H24N2O3S2/c1-5-15(8-6-7-14(3)4)20(17,18)13-11(2)10-19-12(13)9-16/h10,16H,5-9H2,1-4H3. The summed E-state index contributed by atoms with van der Waals surface area (Å²) in [6.07, 6.45) is 0.789. The lowest BCUT2D eigenvalue weighted by molar-refractivity contribution is 0.282. The van der Waals surface area contributed by atoms with Gasteiger partial charge in [0, 0.05) is 13.1 Å². The number of aryl methyl sites for hydroxylation is 1. The van der Waals surface area contributed by atoms with Crippen LogP contribution in [-0.4, -0.2) is 56.5 Å². The van der Waals surface area contributed by atoms with Crippen LogP contribution in [0.2, 0.25) is 0 Å². The molecular weight excluding hydrogens is 296 g/mol. The van der Waals surface area contributed by atoms with Crippen molar-refractivity contribution in [1.82, 2.24) is 9.21 Å². The molecule has 0 saturated carbocycles. The minimum absolute atomic E-state index is 0.234. The Hall–Kier alpha value is -0.470. The highest BCUT2D eigenvalue weighted by molar-refractivity contribution is 7.89. The van der Waals surface area contributed by atoms with E-state index < -0.39 is 10.0 Å². The SMILES string of the molecule is CCN(CCCN(C)C)S(=O)(=O)c1c(C)csc1CO. The topological polar surface area (TPSA) is 60.9 Å². The van der Waals surface area contributed by atoms with Crippen LogP contribution in [0.15, 0.2) is 10.3 Å². The summed E-state index contributed by atoms with van der Waals surface area (Å²) < 4.78 is 26.9. The van der Waals surface area contributed by atoms with Gasteiger partial charge in [0.2, 0.25) is 10.0 Å². The quantitative estimate of drug-likeness (QED) is 0.789. The van der Waals surface area contributed by atoms with Gasteiger partial charge in [-0.3, -0.25) is 0 Å². The molecule has 0 aliphatic rings. The summed E-state index contributed by atoms with van der Waals surface area (Å²) in [5, 5.41) is 11.1. The molecule has 0 aromatic carbocycles. The minimum atomic E-state index is -3.51. The van der Waals surface area contributed by atoms with Crippen molar-refractivity contribution in [2.24, 2.45) is 0 Å². The summed E-state index contributed by atoms with van der Waals surface area (Å²) in [7, 11) is 0.426. The Morgan fingerprint density at radius 2 is 1.95 bits per heavy atom. The Kier molecular flexibility index (Phi) is 6.60. The number of hydrogen-bond acceptors (Lipinski definition) is 5. The Labute approximate surface area is 125 Å². The van der Waals surface area contributed by atoms with Gasteiger partial charge in [0.15, 0.2) is 0 Å². The van der Waals surface area contributed by atoms with Gasteiger partial charge in [-0.1, -0.05) is 6.92 Å². The Morgan fingerprint density at radius 3 is 2.45 bits per heavy atom. The molecule has 0 amide bonds. The van der Waals surface area contributed by atoms with E-state index in [1.165, 1.54) is 15.6 Å². The number of aliphatic hydroxyl groups is 1. The molecule has 0 spiro atoms. The lowest BCUT2D eigenvalue weighted by atomic mass is 10.3. The van der Waals surface area contributed by atoms with E-state index in [2.05, 4.69) is 0 Å². The molecule has 0 atom stereocenters. The average Bonchev–Trinajstić information content (AvgIpc) is 2.75. The first kappa shape index (κ1) is 17.6. The summed E-state index contributed by atoms with van der Waals surface area (Å²) in [6.45, 7) is 5.17. The molecule has 0 radical (unpaired) electrons. The zero-order chi connectivity index (χ0) is 15.3. The van der Waals surface area contributed by atoms with Crippen LogP contribution < -0.4 is 0 Å². The van der Waals surface area contributed by atoms with Crippen LogP contribution in [0.25, 0.3) is 0 Å². The largest absolute Gasteiger partial charge is 0.391 e. The van der Waals surface area contributed by atoms with E-state index in [9.17, 15) is 13.5 Å². The molecule has 1 N–H and O–H groups in total. The van der Waals surface area contributed by atoms with Gasteiger partial charge in [-0.15, -0.1) is 11.3 Å². The monoisotopic (exact) mass is 320 g/mol. The van der Waals surface area contributed by atoms with Crippen molar-refractivity contribution in [3.05, 3.63) is 15.8 Å². The summed E-state index contributed by atoms with van der Waals surface area (Å²) in [6, 6.07) is 0. The van der Waals surface area contributed by atoms with E-state index in [-0.39, 0.29) is 11.5 Å². The lowest BCUT2D eigenvalue weighted by Crippen LogP contribution is -2.34. The Balaban J connectivity index is 2.97. The highest BCUT2D eigenvalue weighted by atomic mass is 32.2. The summed E-state index contributed by atoms with van der Waals surface area (Å²) in [5.74, 6) is 0. The molecule has 0 fully saturated rings. The first-order valence-electron chi connectivity index (χ1n) is 6.67. The molecule has 5 nitrogen and oxygen atoms in total. The van der Waals surface area contributed by atoms with Crippen LogP contribution in [0.4, 0.5) is 0 Å². The first-order chi connectivity index (χ1) is 9.34. The molecule has 1 aromatic rings. The van der Waals surface area contributed by atoms with Gasteiger partial charge in [-0.05, 0) is 44.9 Å². The van der Waals surface area contributed by atoms with Crippen molar-refractivity contribution in [3.8, 4) is 0 Å². The number of sulfonamides is 1. The Bertz CT molecular complexity index is 524. The molecular formula is C13H24N2O3S2. The van der Waals surface area contributed by atoms with Crippen molar-refractivity contribution < 1.29 is 13.5 Å². The van der Waals surface area contributed by atoms with E-state index in [1.54, 1.807) is 12.3 Å². The lowest BCUT2D eigenvalue weighted by Gasteiger charge is -2.22. The van der Waals surface area contributed by atoms with E-state index >= 15 is 0 Å². The van der Waals surface area contributed by atoms with Crippen LogP contribution in [-0.2, 0) is 16.6 Å². The average molecular weight is 320 g/mol. The number of hydrogen-bond donors (Lipinski definition) is 1. The second-order valence-electron chi connectivity index (χ2n) is 4.98. The van der Waals surface area contributed by atoms with Gasteiger partial charge in [0.05, 0.1) is 11.5 Å². The zero-order valence-corrected chi connectivity index (χ0v) is 14.2. The van der Waals surface area contributed by atoms with Gasteiger partial charge >= 0.3 is 0 Å². The van der Waals surface area contributed by atoms with Crippen molar-refractivity contribution in [1.29, 1.82) is 0 Å². The summed E-state index contributed by atoms with van der Waals surface area (Å²) in [5.41, 5.74) is 0.713. The second-order valence-corrected chi connectivity index (χ2v) is 7.82. The summed E-state index contributed by atoms with van der Waals surface area (Å²) in [4.78, 5) is 2.85. The van der Waals surface area contributed by atoms with Gasteiger partial charge in [0.25, 0.3) is 0 Å². The molecule has 0 unspecified atom stereocenters. The van der Waals surface area contributed by atoms with E-state index in [0.717, 1.165) is 13.0 Å². The molecule has 20 heavy (non-hydrogen) atoms. The number of thiophene rings is 1. The molecule has 116 valence electrons. The van der Waals surface area contributed by atoms with E-state index in [0.29, 0.717) is 23.5 Å². The fourth-order valence-corrected chi connectivity index (χ4v) is 5.18. The molecule has 7 heteroatoms. The van der Waals surface area contributed by atoms with Gasteiger partial charge in [0.1, 0.15) is 4.90 Å².